The molecule has 0 spiro atoms. The molecule has 0 aromatic heterocycles. The van der Waals surface area contributed by atoms with E-state index in [9.17, 15) is 0 Å². The standard InChI is InChI=1S/C10H25NO2Si/c1-6-9-14(5,12-8-3)13-10(4)11-7-2/h10-11H,6-9H2,1-5H3. The van der Waals surface area contributed by atoms with Crippen LogP contribution in [0.15, 0.2) is 0 Å². The minimum Gasteiger partial charge on any atom is -0.395 e. The number of hydrogen-bond acceptors (Lipinski definition) is 3. The first kappa shape index (κ1) is 14.1. The van der Waals surface area contributed by atoms with Crippen LogP contribution in [0.2, 0.25) is 12.6 Å². The Labute approximate surface area is 89.4 Å². The monoisotopic (exact) mass is 219 g/mol. The number of hydrogen-bond donors (Lipinski definition) is 1. The Morgan fingerprint density at radius 3 is 2.36 bits per heavy atom. The van der Waals surface area contributed by atoms with Crippen molar-refractivity contribution in [3.63, 3.8) is 0 Å². The Morgan fingerprint density at radius 1 is 1.29 bits per heavy atom. The summed E-state index contributed by atoms with van der Waals surface area (Å²) in [7, 11) is -1.91. The first-order valence-electron chi connectivity index (χ1n) is 5.63. The molecule has 14 heavy (non-hydrogen) atoms. The van der Waals surface area contributed by atoms with Crippen LogP contribution in [0, 0.1) is 0 Å². The van der Waals surface area contributed by atoms with Gasteiger partial charge in [-0.25, -0.2) is 0 Å². The third kappa shape index (κ3) is 5.75. The second-order valence-electron chi connectivity index (χ2n) is 3.63. The highest BCUT2D eigenvalue weighted by Gasteiger charge is 2.31. The molecule has 0 aliphatic carbocycles. The Morgan fingerprint density at radius 2 is 1.93 bits per heavy atom. The average Bonchev–Trinajstić information content (AvgIpc) is 2.04. The van der Waals surface area contributed by atoms with E-state index in [2.05, 4.69) is 25.7 Å². The average molecular weight is 219 g/mol. The number of nitrogens with one attached hydrogen (secondary N) is 1. The molecule has 0 rings (SSSR count). The van der Waals surface area contributed by atoms with Gasteiger partial charge in [0, 0.05) is 6.61 Å². The lowest BCUT2D eigenvalue weighted by Gasteiger charge is -2.29. The van der Waals surface area contributed by atoms with E-state index in [-0.39, 0.29) is 6.23 Å². The van der Waals surface area contributed by atoms with Crippen LogP contribution in [0.3, 0.4) is 0 Å². The third-order valence-corrected chi connectivity index (χ3v) is 5.23. The molecule has 0 heterocycles. The van der Waals surface area contributed by atoms with Crippen molar-refractivity contribution in [3.05, 3.63) is 0 Å². The van der Waals surface area contributed by atoms with Crippen LogP contribution in [0.4, 0.5) is 0 Å². The fourth-order valence-corrected chi connectivity index (χ4v) is 4.31. The van der Waals surface area contributed by atoms with Crippen molar-refractivity contribution in [2.75, 3.05) is 13.2 Å². The molecule has 0 aliphatic rings. The van der Waals surface area contributed by atoms with Gasteiger partial charge in [-0.05, 0) is 33.0 Å². The normalized spacial score (nSPS) is 17.8. The van der Waals surface area contributed by atoms with E-state index >= 15 is 0 Å². The van der Waals surface area contributed by atoms with Gasteiger partial charge in [-0.3, -0.25) is 5.32 Å². The van der Waals surface area contributed by atoms with E-state index in [0.717, 1.165) is 25.6 Å². The molecule has 0 saturated heterocycles. The molecular weight excluding hydrogens is 194 g/mol. The van der Waals surface area contributed by atoms with Crippen LogP contribution in [-0.2, 0) is 8.85 Å². The third-order valence-electron chi connectivity index (χ3n) is 2.07. The zero-order valence-electron chi connectivity index (χ0n) is 10.2. The predicted octanol–water partition coefficient (Wildman–Crippen LogP) is 2.48. The van der Waals surface area contributed by atoms with Crippen LogP contribution < -0.4 is 5.32 Å². The van der Waals surface area contributed by atoms with Crippen LogP contribution in [-0.4, -0.2) is 27.9 Å². The summed E-state index contributed by atoms with van der Waals surface area (Å²) >= 11 is 0. The van der Waals surface area contributed by atoms with Gasteiger partial charge in [0.25, 0.3) is 0 Å². The van der Waals surface area contributed by atoms with Gasteiger partial charge in [-0.15, -0.1) is 0 Å². The molecule has 0 bridgehead atoms. The second kappa shape index (κ2) is 7.40. The van der Waals surface area contributed by atoms with E-state index in [0.29, 0.717) is 0 Å². The highest BCUT2D eigenvalue weighted by atomic mass is 28.4. The van der Waals surface area contributed by atoms with Crippen molar-refractivity contribution >= 4 is 8.56 Å². The molecule has 0 aromatic rings. The van der Waals surface area contributed by atoms with E-state index < -0.39 is 8.56 Å². The maximum atomic E-state index is 5.96. The maximum absolute atomic E-state index is 5.96. The molecule has 0 aliphatic heterocycles. The van der Waals surface area contributed by atoms with Crippen molar-refractivity contribution in [3.8, 4) is 0 Å². The topological polar surface area (TPSA) is 30.5 Å². The van der Waals surface area contributed by atoms with Gasteiger partial charge in [0.15, 0.2) is 0 Å². The van der Waals surface area contributed by atoms with Gasteiger partial charge >= 0.3 is 8.56 Å². The van der Waals surface area contributed by atoms with Crippen LogP contribution in [0.25, 0.3) is 0 Å². The van der Waals surface area contributed by atoms with E-state index in [1.165, 1.54) is 0 Å². The maximum Gasteiger partial charge on any atom is 0.336 e. The van der Waals surface area contributed by atoms with Gasteiger partial charge in [0.1, 0.15) is 0 Å². The van der Waals surface area contributed by atoms with E-state index in [4.69, 9.17) is 8.85 Å². The second-order valence-corrected chi connectivity index (χ2v) is 6.93. The molecule has 0 aromatic carbocycles. The molecule has 0 fully saturated rings. The highest BCUT2D eigenvalue weighted by molar-refractivity contribution is 6.66. The summed E-state index contributed by atoms with van der Waals surface area (Å²) in [5.41, 5.74) is 0. The van der Waals surface area contributed by atoms with Gasteiger partial charge in [-0.2, -0.15) is 0 Å². The van der Waals surface area contributed by atoms with Gasteiger partial charge in [0.2, 0.25) is 0 Å². The zero-order valence-corrected chi connectivity index (χ0v) is 11.2. The molecule has 0 amide bonds. The molecule has 1 N–H and O–H groups in total. The van der Waals surface area contributed by atoms with Gasteiger partial charge in [0.05, 0.1) is 6.23 Å². The summed E-state index contributed by atoms with van der Waals surface area (Å²) in [6, 6.07) is 1.07. The molecule has 86 valence electrons. The van der Waals surface area contributed by atoms with Gasteiger partial charge in [-0.1, -0.05) is 20.3 Å². The first-order chi connectivity index (χ1) is 6.58. The van der Waals surface area contributed by atoms with Crippen LogP contribution >= 0.6 is 0 Å². The minimum atomic E-state index is -1.91. The Kier molecular flexibility index (Phi) is 7.45. The van der Waals surface area contributed by atoms with Crippen molar-refractivity contribution in [1.82, 2.24) is 5.32 Å². The Hall–Kier alpha value is 0.0969. The van der Waals surface area contributed by atoms with Crippen molar-refractivity contribution < 1.29 is 8.85 Å². The Balaban J connectivity index is 4.05. The summed E-state index contributed by atoms with van der Waals surface area (Å²) in [6.45, 7) is 12.2. The molecular formula is C10H25NO2Si. The SMILES string of the molecule is CCC[Si](C)(OCC)OC(C)NCC. The smallest absolute Gasteiger partial charge is 0.336 e. The summed E-state index contributed by atoms with van der Waals surface area (Å²) in [4.78, 5) is 0. The molecule has 0 radical (unpaired) electrons. The summed E-state index contributed by atoms with van der Waals surface area (Å²) < 4.78 is 11.7. The number of rotatable bonds is 8. The predicted molar refractivity (Wildman–Crippen MR) is 62.6 cm³/mol. The van der Waals surface area contributed by atoms with Crippen LogP contribution in [0.1, 0.15) is 34.1 Å². The molecule has 2 atom stereocenters. The van der Waals surface area contributed by atoms with Gasteiger partial charge < -0.3 is 8.85 Å². The van der Waals surface area contributed by atoms with E-state index in [1.807, 2.05) is 13.8 Å². The Bertz CT molecular complexity index is 138. The first-order valence-corrected chi connectivity index (χ1v) is 8.15. The highest BCUT2D eigenvalue weighted by Crippen LogP contribution is 2.16. The fourth-order valence-electron chi connectivity index (χ4n) is 1.63. The molecule has 0 saturated carbocycles. The zero-order chi connectivity index (χ0) is 11.0. The lowest BCUT2D eigenvalue weighted by Crippen LogP contribution is -2.45. The lowest BCUT2D eigenvalue weighted by molar-refractivity contribution is 0.109. The van der Waals surface area contributed by atoms with Crippen molar-refractivity contribution in [2.24, 2.45) is 0 Å². The summed E-state index contributed by atoms with van der Waals surface area (Å²) in [6.07, 6.45) is 1.23. The molecule has 4 heteroatoms. The van der Waals surface area contributed by atoms with Crippen molar-refractivity contribution in [2.45, 2.75) is 52.9 Å². The minimum absolute atomic E-state index is 0.106. The van der Waals surface area contributed by atoms with Crippen LogP contribution in [0.5, 0.6) is 0 Å². The summed E-state index contributed by atoms with van der Waals surface area (Å²) in [5, 5.41) is 3.25. The van der Waals surface area contributed by atoms with E-state index in [1.54, 1.807) is 0 Å². The van der Waals surface area contributed by atoms with Crippen molar-refractivity contribution in [1.29, 1.82) is 0 Å². The largest absolute Gasteiger partial charge is 0.395 e. The lowest BCUT2D eigenvalue weighted by atomic mass is 10.6. The molecule has 2 unspecified atom stereocenters. The fraction of sp³-hybridized carbons (Fsp3) is 1.00. The quantitative estimate of drug-likeness (QED) is 0.502. The summed E-state index contributed by atoms with van der Waals surface area (Å²) in [5.74, 6) is 0. The molecule has 3 nitrogen and oxygen atoms in total.